The average Bonchev–Trinajstić information content (AvgIpc) is 2.75. The third kappa shape index (κ3) is 4.12. The maximum Gasteiger partial charge on any atom is 0.328 e. The Morgan fingerprint density at radius 1 is 1.19 bits per heavy atom. The topological polar surface area (TPSA) is 87.6 Å². The first-order chi connectivity index (χ1) is 10.00. The van der Waals surface area contributed by atoms with Gasteiger partial charge in [-0.15, -0.1) is 0 Å². The second-order valence-corrected chi connectivity index (χ2v) is 6.88. The van der Waals surface area contributed by atoms with Crippen LogP contribution in [0.4, 0.5) is 0 Å². The van der Waals surface area contributed by atoms with E-state index in [1.165, 1.54) is 28.8 Å². The van der Waals surface area contributed by atoms with E-state index in [2.05, 4.69) is 4.98 Å². The molecule has 1 saturated heterocycles. The quantitative estimate of drug-likeness (QED) is 0.856. The van der Waals surface area contributed by atoms with E-state index in [4.69, 9.17) is 5.11 Å². The van der Waals surface area contributed by atoms with Gasteiger partial charge in [0.25, 0.3) is 0 Å². The molecule has 7 heteroatoms. The molecule has 0 aliphatic carbocycles. The third-order valence-corrected chi connectivity index (χ3v) is 5.22. The molecule has 0 unspecified atom stereocenters. The fourth-order valence-electron chi connectivity index (χ4n) is 2.27. The van der Waals surface area contributed by atoms with Crippen LogP contribution < -0.4 is 0 Å². The molecule has 6 nitrogen and oxygen atoms in total. The van der Waals surface area contributed by atoms with E-state index in [1.54, 1.807) is 0 Å². The molecule has 0 radical (unpaired) electrons. The van der Waals surface area contributed by atoms with Gasteiger partial charge in [0, 0.05) is 31.6 Å². The van der Waals surface area contributed by atoms with Crippen molar-refractivity contribution in [1.82, 2.24) is 9.29 Å². The zero-order valence-corrected chi connectivity index (χ0v) is 12.4. The molecule has 1 fully saturated rings. The summed E-state index contributed by atoms with van der Waals surface area (Å²) >= 11 is 0. The number of rotatable bonds is 4. The number of nitrogens with zero attached hydrogens (tertiary/aromatic N) is 2. The van der Waals surface area contributed by atoms with Gasteiger partial charge in [-0.1, -0.05) is 12.8 Å². The molecular weight excluding hydrogens is 292 g/mol. The molecule has 1 N–H and O–H groups in total. The molecule has 0 amide bonds. The SMILES string of the molecule is O=C(O)C=Cc1cncc(S(=O)(=O)N2CCCCCC2)c1. The summed E-state index contributed by atoms with van der Waals surface area (Å²) in [6.07, 6.45) is 8.85. The van der Waals surface area contributed by atoms with E-state index < -0.39 is 16.0 Å². The van der Waals surface area contributed by atoms with Gasteiger partial charge in [-0.05, 0) is 30.5 Å². The standard InChI is InChI=1S/C14H18N2O4S/c17-14(18)6-5-12-9-13(11-15-10-12)21(19,20)16-7-3-1-2-4-8-16/h5-6,9-11H,1-4,7-8H2,(H,17,18). The number of pyridine rings is 1. The number of sulfonamides is 1. The summed E-state index contributed by atoms with van der Waals surface area (Å²) in [5.41, 5.74) is 0.452. The number of carboxylic acids is 1. The van der Waals surface area contributed by atoms with Crippen LogP contribution >= 0.6 is 0 Å². The van der Waals surface area contributed by atoms with Crippen LogP contribution in [0.5, 0.6) is 0 Å². The molecule has 0 bridgehead atoms. The van der Waals surface area contributed by atoms with Gasteiger partial charge >= 0.3 is 5.97 Å². The molecule has 1 aliphatic rings. The minimum atomic E-state index is -3.56. The lowest BCUT2D eigenvalue weighted by Gasteiger charge is -2.19. The summed E-state index contributed by atoms with van der Waals surface area (Å²) in [7, 11) is -3.56. The van der Waals surface area contributed by atoms with Crippen LogP contribution in [0.1, 0.15) is 31.2 Å². The van der Waals surface area contributed by atoms with Gasteiger partial charge in [0.15, 0.2) is 0 Å². The third-order valence-electron chi connectivity index (χ3n) is 3.36. The first-order valence-corrected chi connectivity index (χ1v) is 8.30. The van der Waals surface area contributed by atoms with Gasteiger partial charge in [-0.3, -0.25) is 4.98 Å². The van der Waals surface area contributed by atoms with Gasteiger partial charge in [-0.2, -0.15) is 4.31 Å². The minimum Gasteiger partial charge on any atom is -0.478 e. The Labute approximate surface area is 124 Å². The van der Waals surface area contributed by atoms with Gasteiger partial charge in [0.2, 0.25) is 10.0 Å². The Morgan fingerprint density at radius 3 is 2.48 bits per heavy atom. The molecule has 0 saturated carbocycles. The van der Waals surface area contributed by atoms with Crippen molar-refractivity contribution in [3.8, 4) is 0 Å². The monoisotopic (exact) mass is 310 g/mol. The van der Waals surface area contributed by atoms with Crippen molar-refractivity contribution in [3.63, 3.8) is 0 Å². The van der Waals surface area contributed by atoms with Crippen molar-refractivity contribution in [2.75, 3.05) is 13.1 Å². The number of carboxylic acid groups (broad SMARTS) is 1. The summed E-state index contributed by atoms with van der Waals surface area (Å²) in [6.45, 7) is 1.05. The van der Waals surface area contributed by atoms with Crippen LogP contribution in [0.3, 0.4) is 0 Å². The zero-order chi connectivity index (χ0) is 15.3. The summed E-state index contributed by atoms with van der Waals surface area (Å²) in [5, 5.41) is 8.61. The van der Waals surface area contributed by atoms with Crippen molar-refractivity contribution in [3.05, 3.63) is 30.1 Å². The summed E-state index contributed by atoms with van der Waals surface area (Å²) < 4.78 is 26.6. The molecule has 1 aromatic heterocycles. The number of carbonyl (C=O) groups is 1. The first kappa shape index (κ1) is 15.7. The normalized spacial score (nSPS) is 17.7. The Bertz CT molecular complexity index is 632. The van der Waals surface area contributed by atoms with Gasteiger partial charge in [-0.25, -0.2) is 13.2 Å². The van der Waals surface area contributed by atoms with Gasteiger partial charge < -0.3 is 5.11 Å². The van der Waals surface area contributed by atoms with Crippen LogP contribution in [0.15, 0.2) is 29.4 Å². The molecule has 0 spiro atoms. The van der Waals surface area contributed by atoms with Crippen molar-refractivity contribution in [2.45, 2.75) is 30.6 Å². The van der Waals surface area contributed by atoms with E-state index in [9.17, 15) is 13.2 Å². The molecular formula is C14H18N2O4S. The van der Waals surface area contributed by atoms with Crippen molar-refractivity contribution < 1.29 is 18.3 Å². The molecule has 21 heavy (non-hydrogen) atoms. The fraction of sp³-hybridized carbons (Fsp3) is 0.429. The Hall–Kier alpha value is -1.73. The number of hydrogen-bond acceptors (Lipinski definition) is 4. The maximum absolute atomic E-state index is 12.6. The van der Waals surface area contributed by atoms with E-state index in [-0.39, 0.29) is 4.90 Å². The molecule has 114 valence electrons. The second-order valence-electron chi connectivity index (χ2n) is 4.94. The van der Waals surface area contributed by atoms with Crippen molar-refractivity contribution in [1.29, 1.82) is 0 Å². The molecule has 2 heterocycles. The highest BCUT2D eigenvalue weighted by molar-refractivity contribution is 7.89. The van der Waals surface area contributed by atoms with Crippen LogP contribution in [0.2, 0.25) is 0 Å². The largest absolute Gasteiger partial charge is 0.478 e. The number of aliphatic carboxylic acids is 1. The highest BCUT2D eigenvalue weighted by Crippen LogP contribution is 2.20. The van der Waals surface area contributed by atoms with E-state index in [0.29, 0.717) is 18.7 Å². The van der Waals surface area contributed by atoms with Crippen molar-refractivity contribution in [2.24, 2.45) is 0 Å². The molecule has 0 aromatic carbocycles. The maximum atomic E-state index is 12.6. The predicted molar refractivity (Wildman–Crippen MR) is 78.1 cm³/mol. The summed E-state index contributed by atoms with van der Waals surface area (Å²) in [5.74, 6) is -1.09. The van der Waals surface area contributed by atoms with Crippen LogP contribution in [-0.4, -0.2) is 41.9 Å². The van der Waals surface area contributed by atoms with Crippen LogP contribution in [0, 0.1) is 0 Å². The highest BCUT2D eigenvalue weighted by Gasteiger charge is 2.25. The predicted octanol–water partition coefficient (Wildman–Crippen LogP) is 1.74. The van der Waals surface area contributed by atoms with Gasteiger partial charge in [0.1, 0.15) is 4.90 Å². The summed E-state index contributed by atoms with van der Waals surface area (Å²) in [4.78, 5) is 14.5. The first-order valence-electron chi connectivity index (χ1n) is 6.86. The lowest BCUT2D eigenvalue weighted by atomic mass is 10.2. The van der Waals surface area contributed by atoms with E-state index in [0.717, 1.165) is 31.8 Å². The zero-order valence-electron chi connectivity index (χ0n) is 11.6. The Morgan fingerprint density at radius 2 is 1.86 bits per heavy atom. The molecule has 1 aliphatic heterocycles. The van der Waals surface area contributed by atoms with Crippen molar-refractivity contribution >= 4 is 22.1 Å². The minimum absolute atomic E-state index is 0.108. The number of aromatic nitrogens is 1. The van der Waals surface area contributed by atoms with E-state index >= 15 is 0 Å². The second kappa shape index (κ2) is 6.82. The lowest BCUT2D eigenvalue weighted by molar-refractivity contribution is -0.131. The van der Waals surface area contributed by atoms with Crippen LogP contribution in [0.25, 0.3) is 6.08 Å². The summed E-state index contributed by atoms with van der Waals surface area (Å²) in [6, 6.07) is 1.45. The Kier molecular flexibility index (Phi) is 5.08. The molecule has 2 rings (SSSR count). The number of hydrogen-bond donors (Lipinski definition) is 1. The van der Waals surface area contributed by atoms with Gasteiger partial charge in [0.05, 0.1) is 0 Å². The average molecular weight is 310 g/mol. The Balaban J connectivity index is 2.27. The molecule has 1 aromatic rings. The lowest BCUT2D eigenvalue weighted by Crippen LogP contribution is -2.32. The highest BCUT2D eigenvalue weighted by atomic mass is 32.2. The molecule has 0 atom stereocenters. The fourth-order valence-corrected chi connectivity index (χ4v) is 3.78. The smallest absolute Gasteiger partial charge is 0.328 e. The van der Waals surface area contributed by atoms with E-state index in [1.807, 2.05) is 0 Å². The van der Waals surface area contributed by atoms with Crippen LogP contribution in [-0.2, 0) is 14.8 Å².